The predicted octanol–water partition coefficient (Wildman–Crippen LogP) is 4.88. The van der Waals surface area contributed by atoms with Gasteiger partial charge in [-0.1, -0.05) is 30.9 Å². The standard InChI is InChI=1S/C15H18ClN/c1-10-8-13(9-17)11(2)14(15(10)16)12-6-4-3-5-7-12/h8,12H,3-7H2,1-2H3. The molecular weight excluding hydrogens is 230 g/mol. The maximum atomic E-state index is 9.16. The molecule has 1 aromatic carbocycles. The van der Waals surface area contributed by atoms with Crippen LogP contribution in [0.15, 0.2) is 6.07 Å². The highest BCUT2D eigenvalue weighted by atomic mass is 35.5. The van der Waals surface area contributed by atoms with Crippen molar-refractivity contribution in [1.82, 2.24) is 0 Å². The molecule has 1 nitrogen and oxygen atoms in total. The molecule has 0 atom stereocenters. The molecule has 2 heteroatoms. The molecule has 0 aromatic heterocycles. The van der Waals surface area contributed by atoms with E-state index in [0.717, 1.165) is 21.7 Å². The molecule has 0 spiro atoms. The molecule has 0 N–H and O–H groups in total. The first-order chi connectivity index (χ1) is 8.15. The van der Waals surface area contributed by atoms with Gasteiger partial charge in [-0.3, -0.25) is 0 Å². The lowest BCUT2D eigenvalue weighted by atomic mass is 9.80. The molecule has 0 heterocycles. The molecule has 17 heavy (non-hydrogen) atoms. The summed E-state index contributed by atoms with van der Waals surface area (Å²) in [5, 5.41) is 10.0. The van der Waals surface area contributed by atoms with Gasteiger partial charge in [0.15, 0.2) is 0 Å². The van der Waals surface area contributed by atoms with E-state index in [-0.39, 0.29) is 0 Å². The Balaban J connectivity index is 2.51. The lowest BCUT2D eigenvalue weighted by Gasteiger charge is -2.25. The van der Waals surface area contributed by atoms with Crippen molar-refractivity contribution in [2.45, 2.75) is 51.9 Å². The summed E-state index contributed by atoms with van der Waals surface area (Å²) in [6, 6.07) is 4.19. The van der Waals surface area contributed by atoms with E-state index in [4.69, 9.17) is 16.9 Å². The van der Waals surface area contributed by atoms with E-state index < -0.39 is 0 Å². The van der Waals surface area contributed by atoms with Gasteiger partial charge in [0.25, 0.3) is 0 Å². The van der Waals surface area contributed by atoms with Crippen LogP contribution in [0.1, 0.15) is 60.3 Å². The Hall–Kier alpha value is -1.000. The molecule has 90 valence electrons. The van der Waals surface area contributed by atoms with E-state index >= 15 is 0 Å². The van der Waals surface area contributed by atoms with Crippen LogP contribution in [0.4, 0.5) is 0 Å². The van der Waals surface area contributed by atoms with Crippen LogP contribution in [0.2, 0.25) is 5.02 Å². The van der Waals surface area contributed by atoms with E-state index in [1.807, 2.05) is 19.9 Å². The van der Waals surface area contributed by atoms with Crippen LogP contribution in [-0.2, 0) is 0 Å². The summed E-state index contributed by atoms with van der Waals surface area (Å²) in [5.41, 5.74) is 4.15. The molecule has 0 bridgehead atoms. The zero-order chi connectivity index (χ0) is 12.4. The van der Waals surface area contributed by atoms with Gasteiger partial charge in [0.05, 0.1) is 11.6 Å². The summed E-state index contributed by atoms with van der Waals surface area (Å²) in [6.07, 6.45) is 6.35. The fraction of sp³-hybridized carbons (Fsp3) is 0.533. The second kappa shape index (κ2) is 5.10. The summed E-state index contributed by atoms with van der Waals surface area (Å²) in [5.74, 6) is 0.559. The summed E-state index contributed by atoms with van der Waals surface area (Å²) < 4.78 is 0. The van der Waals surface area contributed by atoms with Gasteiger partial charge in [0.2, 0.25) is 0 Å². The molecule has 0 radical (unpaired) electrons. The first-order valence-electron chi connectivity index (χ1n) is 6.35. The number of hydrogen-bond donors (Lipinski definition) is 0. The monoisotopic (exact) mass is 247 g/mol. The minimum atomic E-state index is 0.559. The third-order valence-electron chi connectivity index (χ3n) is 3.89. The van der Waals surface area contributed by atoms with Crippen LogP contribution in [0, 0.1) is 25.2 Å². The summed E-state index contributed by atoms with van der Waals surface area (Å²) in [6.45, 7) is 4.03. The SMILES string of the molecule is Cc1cc(C#N)c(C)c(C2CCCCC2)c1Cl. The quantitative estimate of drug-likeness (QED) is 0.694. The van der Waals surface area contributed by atoms with Crippen LogP contribution in [0.5, 0.6) is 0 Å². The Morgan fingerprint density at radius 1 is 1.24 bits per heavy atom. The van der Waals surface area contributed by atoms with Crippen molar-refractivity contribution in [1.29, 1.82) is 5.26 Å². The predicted molar refractivity (Wildman–Crippen MR) is 71.5 cm³/mol. The van der Waals surface area contributed by atoms with E-state index in [2.05, 4.69) is 6.07 Å². The molecule has 1 saturated carbocycles. The number of nitriles is 1. The molecule has 1 fully saturated rings. The van der Waals surface area contributed by atoms with Crippen molar-refractivity contribution in [3.63, 3.8) is 0 Å². The number of benzene rings is 1. The smallest absolute Gasteiger partial charge is 0.0994 e. The van der Waals surface area contributed by atoms with Crippen molar-refractivity contribution >= 4 is 11.6 Å². The minimum Gasteiger partial charge on any atom is -0.192 e. The van der Waals surface area contributed by atoms with Crippen molar-refractivity contribution < 1.29 is 0 Å². The van der Waals surface area contributed by atoms with E-state index in [1.54, 1.807) is 0 Å². The van der Waals surface area contributed by atoms with Gasteiger partial charge in [-0.05, 0) is 55.4 Å². The van der Waals surface area contributed by atoms with Crippen LogP contribution < -0.4 is 0 Å². The first-order valence-corrected chi connectivity index (χ1v) is 6.72. The fourth-order valence-corrected chi connectivity index (χ4v) is 3.25. The van der Waals surface area contributed by atoms with Gasteiger partial charge in [-0.25, -0.2) is 0 Å². The third kappa shape index (κ3) is 2.33. The topological polar surface area (TPSA) is 23.8 Å². The molecule has 2 rings (SSSR count). The molecular formula is C15H18ClN. The van der Waals surface area contributed by atoms with Gasteiger partial charge in [0, 0.05) is 5.02 Å². The second-order valence-corrected chi connectivity index (χ2v) is 5.42. The molecule has 0 amide bonds. The zero-order valence-electron chi connectivity index (χ0n) is 10.5. The number of hydrogen-bond acceptors (Lipinski definition) is 1. The van der Waals surface area contributed by atoms with Crippen molar-refractivity contribution in [3.05, 3.63) is 33.3 Å². The third-order valence-corrected chi connectivity index (χ3v) is 4.39. The minimum absolute atomic E-state index is 0.559. The average molecular weight is 248 g/mol. The lowest BCUT2D eigenvalue weighted by Crippen LogP contribution is -2.08. The summed E-state index contributed by atoms with van der Waals surface area (Å²) in [7, 11) is 0. The summed E-state index contributed by atoms with van der Waals surface area (Å²) >= 11 is 6.45. The maximum Gasteiger partial charge on any atom is 0.0994 e. The van der Waals surface area contributed by atoms with Crippen LogP contribution in [-0.4, -0.2) is 0 Å². The Morgan fingerprint density at radius 3 is 2.47 bits per heavy atom. The molecule has 1 aliphatic rings. The highest BCUT2D eigenvalue weighted by molar-refractivity contribution is 6.32. The highest BCUT2D eigenvalue weighted by Crippen LogP contribution is 2.40. The van der Waals surface area contributed by atoms with E-state index in [0.29, 0.717) is 5.92 Å². The Kier molecular flexibility index (Phi) is 3.74. The Morgan fingerprint density at radius 2 is 1.88 bits per heavy atom. The number of nitrogens with zero attached hydrogens (tertiary/aromatic N) is 1. The Bertz CT molecular complexity index is 465. The number of rotatable bonds is 1. The van der Waals surface area contributed by atoms with Crippen molar-refractivity contribution in [2.75, 3.05) is 0 Å². The van der Waals surface area contributed by atoms with Crippen molar-refractivity contribution in [3.8, 4) is 6.07 Å². The summed E-state index contributed by atoms with van der Waals surface area (Å²) in [4.78, 5) is 0. The normalized spacial score (nSPS) is 16.8. The van der Waals surface area contributed by atoms with E-state index in [9.17, 15) is 0 Å². The van der Waals surface area contributed by atoms with Gasteiger partial charge in [-0.2, -0.15) is 5.26 Å². The lowest BCUT2D eigenvalue weighted by molar-refractivity contribution is 0.442. The van der Waals surface area contributed by atoms with Gasteiger partial charge in [-0.15, -0.1) is 0 Å². The second-order valence-electron chi connectivity index (χ2n) is 5.04. The zero-order valence-corrected chi connectivity index (χ0v) is 11.3. The van der Waals surface area contributed by atoms with E-state index in [1.165, 1.54) is 37.7 Å². The first kappa shape index (κ1) is 12.5. The number of aryl methyl sites for hydroxylation is 1. The molecule has 0 aliphatic heterocycles. The van der Waals surface area contributed by atoms with Gasteiger partial charge < -0.3 is 0 Å². The van der Waals surface area contributed by atoms with Gasteiger partial charge >= 0.3 is 0 Å². The number of halogens is 1. The maximum absolute atomic E-state index is 9.16. The molecule has 0 saturated heterocycles. The fourth-order valence-electron chi connectivity index (χ4n) is 2.90. The van der Waals surface area contributed by atoms with Crippen molar-refractivity contribution in [2.24, 2.45) is 0 Å². The highest BCUT2D eigenvalue weighted by Gasteiger charge is 2.22. The molecule has 0 unspecified atom stereocenters. The molecule has 1 aliphatic carbocycles. The van der Waals surface area contributed by atoms with Crippen LogP contribution >= 0.6 is 11.6 Å². The Labute approximate surface area is 108 Å². The van der Waals surface area contributed by atoms with Crippen LogP contribution in [0.3, 0.4) is 0 Å². The molecule has 1 aromatic rings. The average Bonchev–Trinajstić information content (AvgIpc) is 2.35. The largest absolute Gasteiger partial charge is 0.192 e. The van der Waals surface area contributed by atoms with Crippen LogP contribution in [0.25, 0.3) is 0 Å². The van der Waals surface area contributed by atoms with Gasteiger partial charge in [0.1, 0.15) is 0 Å².